The highest BCUT2D eigenvalue weighted by atomic mass is 35.5. The van der Waals surface area contributed by atoms with E-state index in [-0.39, 0.29) is 5.15 Å². The Morgan fingerprint density at radius 2 is 2.43 bits per heavy atom. The van der Waals surface area contributed by atoms with Crippen LogP contribution >= 0.6 is 11.6 Å². The topological polar surface area (TPSA) is 46.1 Å². The minimum atomic E-state index is 0.226. The molecule has 0 N–H and O–H groups in total. The summed E-state index contributed by atoms with van der Waals surface area (Å²) >= 11 is 5.79. The van der Waals surface area contributed by atoms with Crippen molar-refractivity contribution in [3.05, 3.63) is 17.0 Å². The van der Waals surface area contributed by atoms with Gasteiger partial charge in [-0.05, 0) is 13.3 Å². The second kappa shape index (κ2) is 3.53. The van der Waals surface area contributed by atoms with Crippen molar-refractivity contribution in [1.82, 2.24) is 9.97 Å². The van der Waals surface area contributed by atoms with E-state index in [9.17, 15) is 4.79 Å². The third-order valence-electron chi connectivity index (χ3n) is 2.52. The van der Waals surface area contributed by atoms with Crippen molar-refractivity contribution in [3.63, 3.8) is 0 Å². The number of halogens is 1. The Hall–Kier alpha value is -1.16. The number of hydrogen-bond acceptors (Lipinski definition) is 4. The van der Waals surface area contributed by atoms with Crippen LogP contribution in [-0.2, 0) is 0 Å². The second-order valence-electron chi connectivity index (χ2n) is 3.35. The maximum Gasteiger partial charge on any atom is 0.156 e. The fourth-order valence-corrected chi connectivity index (χ4v) is 1.70. The van der Waals surface area contributed by atoms with Gasteiger partial charge in [-0.25, -0.2) is 9.97 Å². The number of hydrogen-bond donors (Lipinski definition) is 0. The standard InChI is InChI=1S/C9H10ClN3O/c1-6-2-3-13(6)9-7(4-14)8(10)11-5-12-9/h4-6H,2-3H2,1H3. The first-order valence-electron chi connectivity index (χ1n) is 4.46. The van der Waals surface area contributed by atoms with E-state index in [0.717, 1.165) is 13.0 Å². The van der Waals surface area contributed by atoms with E-state index >= 15 is 0 Å². The molecule has 1 unspecified atom stereocenters. The number of rotatable bonds is 2. The van der Waals surface area contributed by atoms with Gasteiger partial charge in [-0.1, -0.05) is 11.6 Å². The lowest BCUT2D eigenvalue weighted by Crippen LogP contribution is -2.46. The van der Waals surface area contributed by atoms with Crippen LogP contribution in [0.4, 0.5) is 5.82 Å². The molecule has 5 heteroatoms. The maximum atomic E-state index is 10.8. The predicted octanol–water partition coefficient (Wildman–Crippen LogP) is 1.54. The first-order valence-corrected chi connectivity index (χ1v) is 4.84. The van der Waals surface area contributed by atoms with Crippen molar-refractivity contribution in [1.29, 1.82) is 0 Å². The fraction of sp³-hybridized carbons (Fsp3) is 0.444. The van der Waals surface area contributed by atoms with E-state index in [0.29, 0.717) is 23.7 Å². The van der Waals surface area contributed by atoms with Crippen LogP contribution in [0, 0.1) is 0 Å². The van der Waals surface area contributed by atoms with Gasteiger partial charge in [-0.3, -0.25) is 4.79 Å². The van der Waals surface area contributed by atoms with E-state index in [4.69, 9.17) is 11.6 Å². The monoisotopic (exact) mass is 211 g/mol. The van der Waals surface area contributed by atoms with Crippen molar-refractivity contribution in [2.75, 3.05) is 11.4 Å². The molecule has 0 bridgehead atoms. The highest BCUT2D eigenvalue weighted by molar-refractivity contribution is 6.32. The summed E-state index contributed by atoms with van der Waals surface area (Å²) < 4.78 is 0. The Morgan fingerprint density at radius 1 is 1.64 bits per heavy atom. The van der Waals surface area contributed by atoms with Gasteiger partial charge < -0.3 is 4.90 Å². The molecule has 0 spiro atoms. The van der Waals surface area contributed by atoms with Crippen LogP contribution in [0.2, 0.25) is 5.15 Å². The maximum absolute atomic E-state index is 10.8. The molecule has 4 nitrogen and oxygen atoms in total. The van der Waals surface area contributed by atoms with Gasteiger partial charge in [-0.15, -0.1) is 0 Å². The number of nitrogens with zero attached hydrogens (tertiary/aromatic N) is 3. The molecule has 2 rings (SSSR count). The average molecular weight is 212 g/mol. The predicted molar refractivity (Wildman–Crippen MR) is 53.9 cm³/mol. The molecule has 74 valence electrons. The Bertz CT molecular complexity index is 369. The van der Waals surface area contributed by atoms with Gasteiger partial charge in [0.15, 0.2) is 6.29 Å². The van der Waals surface area contributed by atoms with Crippen LogP contribution in [0.1, 0.15) is 23.7 Å². The molecule has 0 radical (unpaired) electrons. The zero-order valence-electron chi connectivity index (χ0n) is 7.77. The molecular weight excluding hydrogens is 202 g/mol. The number of carbonyl (C=O) groups excluding carboxylic acids is 1. The van der Waals surface area contributed by atoms with Gasteiger partial charge in [0.2, 0.25) is 0 Å². The summed E-state index contributed by atoms with van der Waals surface area (Å²) in [6.45, 7) is 3.02. The molecule has 0 aliphatic carbocycles. The van der Waals surface area contributed by atoms with Crippen molar-refractivity contribution in [2.45, 2.75) is 19.4 Å². The molecule has 1 saturated heterocycles. The molecule has 1 aliphatic rings. The van der Waals surface area contributed by atoms with Crippen LogP contribution in [0.25, 0.3) is 0 Å². The molecule has 0 amide bonds. The first kappa shape index (κ1) is 9.40. The number of carbonyl (C=O) groups is 1. The van der Waals surface area contributed by atoms with Crippen molar-refractivity contribution < 1.29 is 4.79 Å². The van der Waals surface area contributed by atoms with Crippen LogP contribution in [0.15, 0.2) is 6.33 Å². The molecule has 1 aromatic rings. The quantitative estimate of drug-likeness (QED) is 0.550. The highest BCUT2D eigenvalue weighted by Gasteiger charge is 2.27. The Morgan fingerprint density at radius 3 is 2.93 bits per heavy atom. The van der Waals surface area contributed by atoms with E-state index in [1.165, 1.54) is 6.33 Å². The third-order valence-corrected chi connectivity index (χ3v) is 2.83. The van der Waals surface area contributed by atoms with E-state index in [2.05, 4.69) is 21.8 Å². The summed E-state index contributed by atoms with van der Waals surface area (Å²) in [6.07, 6.45) is 3.22. The van der Waals surface area contributed by atoms with Gasteiger partial charge >= 0.3 is 0 Å². The summed E-state index contributed by atoms with van der Waals surface area (Å²) in [7, 11) is 0. The molecular formula is C9H10ClN3O. The number of anilines is 1. The SMILES string of the molecule is CC1CCN1c1ncnc(Cl)c1C=O. The van der Waals surface area contributed by atoms with E-state index in [1.54, 1.807) is 0 Å². The second-order valence-corrected chi connectivity index (χ2v) is 3.71. The zero-order chi connectivity index (χ0) is 10.1. The third kappa shape index (κ3) is 1.35. The summed E-state index contributed by atoms with van der Waals surface area (Å²) in [4.78, 5) is 20.7. The number of aromatic nitrogens is 2. The van der Waals surface area contributed by atoms with Gasteiger partial charge in [0.05, 0.1) is 5.56 Å². The van der Waals surface area contributed by atoms with E-state index in [1.807, 2.05) is 0 Å². The smallest absolute Gasteiger partial charge is 0.156 e. The molecule has 1 aromatic heterocycles. The molecule has 14 heavy (non-hydrogen) atoms. The fourth-order valence-electron chi connectivity index (χ4n) is 1.53. The van der Waals surface area contributed by atoms with Gasteiger partial charge in [0, 0.05) is 12.6 Å². The van der Waals surface area contributed by atoms with Gasteiger partial charge in [-0.2, -0.15) is 0 Å². The van der Waals surface area contributed by atoms with E-state index < -0.39 is 0 Å². The molecule has 1 aliphatic heterocycles. The highest BCUT2D eigenvalue weighted by Crippen LogP contribution is 2.28. The Kier molecular flexibility index (Phi) is 2.37. The normalized spacial score (nSPS) is 20.4. The zero-order valence-corrected chi connectivity index (χ0v) is 8.53. The van der Waals surface area contributed by atoms with Crippen molar-refractivity contribution in [2.24, 2.45) is 0 Å². The van der Waals surface area contributed by atoms with Crippen molar-refractivity contribution in [3.8, 4) is 0 Å². The van der Waals surface area contributed by atoms with Gasteiger partial charge in [0.1, 0.15) is 17.3 Å². The lowest BCUT2D eigenvalue weighted by Gasteiger charge is -2.40. The molecule has 0 aromatic carbocycles. The van der Waals surface area contributed by atoms with Crippen LogP contribution in [-0.4, -0.2) is 28.8 Å². The summed E-state index contributed by atoms with van der Waals surface area (Å²) in [5.74, 6) is 0.652. The minimum absolute atomic E-state index is 0.226. The van der Waals surface area contributed by atoms with Crippen molar-refractivity contribution >= 4 is 23.7 Å². The average Bonchev–Trinajstić information content (AvgIpc) is 2.16. The molecule has 1 fully saturated rings. The Balaban J connectivity index is 2.41. The lowest BCUT2D eigenvalue weighted by atomic mass is 10.0. The van der Waals surface area contributed by atoms with Crippen LogP contribution < -0.4 is 4.90 Å². The lowest BCUT2D eigenvalue weighted by molar-refractivity contribution is 0.112. The Labute approximate surface area is 86.9 Å². The van der Waals surface area contributed by atoms with Gasteiger partial charge in [0.25, 0.3) is 0 Å². The minimum Gasteiger partial charge on any atom is -0.353 e. The first-order chi connectivity index (χ1) is 6.74. The summed E-state index contributed by atoms with van der Waals surface area (Å²) in [5.41, 5.74) is 0.390. The molecule has 1 atom stereocenters. The summed E-state index contributed by atoms with van der Waals surface area (Å²) in [5, 5.41) is 0.226. The largest absolute Gasteiger partial charge is 0.353 e. The molecule has 2 heterocycles. The number of aldehydes is 1. The van der Waals surface area contributed by atoms with Crippen LogP contribution in [0.5, 0.6) is 0 Å². The van der Waals surface area contributed by atoms with Crippen LogP contribution in [0.3, 0.4) is 0 Å². The summed E-state index contributed by atoms with van der Waals surface area (Å²) in [6, 6.07) is 0.430. The molecule has 0 saturated carbocycles.